The predicted molar refractivity (Wildman–Crippen MR) is 67.5 cm³/mol. The summed E-state index contributed by atoms with van der Waals surface area (Å²) in [7, 11) is 1.66. The SMILES string of the molecule is COc1ccc2[nH]cc(C3CCNCC3)c2n1. The number of hydrogen-bond donors (Lipinski definition) is 2. The van der Waals surface area contributed by atoms with Crippen molar-refractivity contribution < 1.29 is 4.74 Å². The van der Waals surface area contributed by atoms with Crippen LogP contribution in [-0.2, 0) is 0 Å². The third-order valence-corrected chi connectivity index (χ3v) is 3.51. The molecular formula is C13H17N3O. The monoisotopic (exact) mass is 231 g/mol. The second kappa shape index (κ2) is 4.37. The van der Waals surface area contributed by atoms with E-state index >= 15 is 0 Å². The smallest absolute Gasteiger partial charge is 0.213 e. The molecule has 17 heavy (non-hydrogen) atoms. The van der Waals surface area contributed by atoms with Crippen LogP contribution in [0.4, 0.5) is 0 Å². The first kappa shape index (κ1) is 10.6. The summed E-state index contributed by atoms with van der Waals surface area (Å²) in [5.41, 5.74) is 3.50. The highest BCUT2D eigenvalue weighted by atomic mass is 16.5. The third-order valence-electron chi connectivity index (χ3n) is 3.51. The molecule has 0 radical (unpaired) electrons. The number of hydrogen-bond acceptors (Lipinski definition) is 3. The fourth-order valence-corrected chi connectivity index (χ4v) is 2.56. The normalized spacial score (nSPS) is 17.5. The molecule has 3 rings (SSSR count). The minimum absolute atomic E-state index is 0.615. The first-order chi connectivity index (χ1) is 8.38. The van der Waals surface area contributed by atoms with Gasteiger partial charge in [0.1, 0.15) is 0 Å². The van der Waals surface area contributed by atoms with Crippen LogP contribution in [0.25, 0.3) is 11.0 Å². The number of rotatable bonds is 2. The summed E-state index contributed by atoms with van der Waals surface area (Å²) in [4.78, 5) is 7.85. The maximum absolute atomic E-state index is 5.20. The molecule has 0 amide bonds. The highest BCUT2D eigenvalue weighted by Gasteiger charge is 2.19. The summed E-state index contributed by atoms with van der Waals surface area (Å²) in [5, 5.41) is 3.39. The Kier molecular flexibility index (Phi) is 2.73. The molecule has 0 bridgehead atoms. The van der Waals surface area contributed by atoms with Gasteiger partial charge in [-0.05, 0) is 43.5 Å². The fraction of sp³-hybridized carbons (Fsp3) is 0.462. The third kappa shape index (κ3) is 1.89. The first-order valence-corrected chi connectivity index (χ1v) is 6.11. The van der Waals surface area contributed by atoms with Crippen molar-refractivity contribution in [2.45, 2.75) is 18.8 Å². The van der Waals surface area contributed by atoms with Crippen LogP contribution in [0.1, 0.15) is 24.3 Å². The van der Waals surface area contributed by atoms with Crippen LogP contribution in [0.15, 0.2) is 18.3 Å². The van der Waals surface area contributed by atoms with Gasteiger partial charge in [-0.25, -0.2) is 4.98 Å². The second-order valence-corrected chi connectivity index (χ2v) is 4.52. The van der Waals surface area contributed by atoms with E-state index in [-0.39, 0.29) is 0 Å². The quantitative estimate of drug-likeness (QED) is 0.831. The van der Waals surface area contributed by atoms with Crippen molar-refractivity contribution in [1.29, 1.82) is 0 Å². The van der Waals surface area contributed by atoms with Gasteiger partial charge in [-0.3, -0.25) is 0 Å². The van der Waals surface area contributed by atoms with Crippen LogP contribution in [0.5, 0.6) is 5.88 Å². The molecular weight excluding hydrogens is 214 g/mol. The van der Waals surface area contributed by atoms with Crippen molar-refractivity contribution in [2.24, 2.45) is 0 Å². The largest absolute Gasteiger partial charge is 0.481 e. The van der Waals surface area contributed by atoms with Gasteiger partial charge in [0, 0.05) is 12.3 Å². The van der Waals surface area contributed by atoms with Crippen LogP contribution in [-0.4, -0.2) is 30.2 Å². The van der Waals surface area contributed by atoms with E-state index in [0.29, 0.717) is 11.8 Å². The Morgan fingerprint density at radius 1 is 1.29 bits per heavy atom. The van der Waals surface area contributed by atoms with Crippen molar-refractivity contribution in [1.82, 2.24) is 15.3 Å². The van der Waals surface area contributed by atoms with Gasteiger partial charge in [-0.1, -0.05) is 0 Å². The lowest BCUT2D eigenvalue weighted by Gasteiger charge is -2.21. The summed E-state index contributed by atoms with van der Waals surface area (Å²) in [5.74, 6) is 1.30. The number of aromatic nitrogens is 2. The van der Waals surface area contributed by atoms with Crippen LogP contribution >= 0.6 is 0 Å². The number of aromatic amines is 1. The average molecular weight is 231 g/mol. The molecule has 0 unspecified atom stereocenters. The van der Waals surface area contributed by atoms with Gasteiger partial charge in [0.15, 0.2) is 0 Å². The molecule has 2 aromatic heterocycles. The molecule has 4 heteroatoms. The van der Waals surface area contributed by atoms with Crippen LogP contribution in [0, 0.1) is 0 Å². The van der Waals surface area contributed by atoms with E-state index in [9.17, 15) is 0 Å². The van der Waals surface area contributed by atoms with E-state index in [1.807, 2.05) is 12.1 Å². The summed E-state index contributed by atoms with van der Waals surface area (Å²) in [6.45, 7) is 2.20. The predicted octanol–water partition coefficient (Wildman–Crippen LogP) is 2.04. The topological polar surface area (TPSA) is 49.9 Å². The van der Waals surface area contributed by atoms with Gasteiger partial charge in [-0.2, -0.15) is 0 Å². The van der Waals surface area contributed by atoms with Crippen molar-refractivity contribution in [2.75, 3.05) is 20.2 Å². The minimum Gasteiger partial charge on any atom is -0.481 e. The first-order valence-electron chi connectivity index (χ1n) is 6.11. The molecule has 0 aliphatic carbocycles. The van der Waals surface area contributed by atoms with E-state index in [1.54, 1.807) is 7.11 Å². The van der Waals surface area contributed by atoms with Gasteiger partial charge in [-0.15, -0.1) is 0 Å². The van der Waals surface area contributed by atoms with E-state index < -0.39 is 0 Å². The molecule has 1 fully saturated rings. The highest BCUT2D eigenvalue weighted by Crippen LogP contribution is 2.31. The summed E-state index contributed by atoms with van der Waals surface area (Å²) >= 11 is 0. The van der Waals surface area contributed by atoms with E-state index in [0.717, 1.165) is 24.1 Å². The summed E-state index contributed by atoms with van der Waals surface area (Å²) in [6, 6.07) is 3.93. The van der Waals surface area contributed by atoms with Crippen molar-refractivity contribution in [3.63, 3.8) is 0 Å². The Bertz CT molecular complexity index is 514. The van der Waals surface area contributed by atoms with Gasteiger partial charge >= 0.3 is 0 Å². The van der Waals surface area contributed by atoms with Gasteiger partial charge in [0.05, 0.1) is 18.1 Å². The van der Waals surface area contributed by atoms with Crippen molar-refractivity contribution in [3.05, 3.63) is 23.9 Å². The van der Waals surface area contributed by atoms with Crippen LogP contribution in [0.2, 0.25) is 0 Å². The molecule has 0 saturated carbocycles. The molecule has 0 aromatic carbocycles. The number of piperidine rings is 1. The number of methoxy groups -OCH3 is 1. The Morgan fingerprint density at radius 3 is 2.88 bits per heavy atom. The number of fused-ring (bicyclic) bond motifs is 1. The number of H-pyrrole nitrogens is 1. The maximum atomic E-state index is 5.20. The van der Waals surface area contributed by atoms with Crippen molar-refractivity contribution >= 4 is 11.0 Å². The summed E-state index contributed by atoms with van der Waals surface area (Å²) in [6.07, 6.45) is 4.48. The Hall–Kier alpha value is -1.55. The molecule has 0 atom stereocenters. The number of ether oxygens (including phenoxy) is 1. The van der Waals surface area contributed by atoms with E-state index in [4.69, 9.17) is 4.74 Å². The average Bonchev–Trinajstić information content (AvgIpc) is 2.82. The molecule has 4 nitrogen and oxygen atoms in total. The molecule has 1 saturated heterocycles. The van der Waals surface area contributed by atoms with Crippen molar-refractivity contribution in [3.8, 4) is 5.88 Å². The molecule has 2 aromatic rings. The van der Waals surface area contributed by atoms with Crippen LogP contribution in [0.3, 0.4) is 0 Å². The van der Waals surface area contributed by atoms with E-state index in [2.05, 4.69) is 21.5 Å². The summed E-state index contributed by atoms with van der Waals surface area (Å²) < 4.78 is 5.20. The van der Waals surface area contributed by atoms with Crippen LogP contribution < -0.4 is 10.1 Å². The zero-order chi connectivity index (χ0) is 11.7. The molecule has 2 N–H and O–H groups in total. The number of nitrogens with one attached hydrogen (secondary N) is 2. The van der Waals surface area contributed by atoms with Gasteiger partial charge in [0.2, 0.25) is 5.88 Å². The van der Waals surface area contributed by atoms with Gasteiger partial charge < -0.3 is 15.0 Å². The lowest BCUT2D eigenvalue weighted by Crippen LogP contribution is -2.26. The minimum atomic E-state index is 0.615. The van der Waals surface area contributed by atoms with Gasteiger partial charge in [0.25, 0.3) is 0 Å². The standard InChI is InChI=1S/C13H17N3O/c1-17-12-3-2-11-13(16-12)10(8-15-11)9-4-6-14-7-5-9/h2-3,8-9,14-15H,4-7H2,1H3. The molecule has 0 spiro atoms. The molecule has 3 heterocycles. The Labute approximate surface area is 100 Å². The molecule has 90 valence electrons. The molecule has 1 aliphatic rings. The zero-order valence-electron chi connectivity index (χ0n) is 9.99. The number of nitrogens with zero attached hydrogens (tertiary/aromatic N) is 1. The number of pyridine rings is 1. The van der Waals surface area contributed by atoms with E-state index in [1.165, 1.54) is 18.4 Å². The lowest BCUT2D eigenvalue weighted by atomic mass is 9.91. The fourth-order valence-electron chi connectivity index (χ4n) is 2.56. The highest BCUT2D eigenvalue weighted by molar-refractivity contribution is 5.80. The second-order valence-electron chi connectivity index (χ2n) is 4.52. The maximum Gasteiger partial charge on any atom is 0.213 e. The molecule has 1 aliphatic heterocycles. The zero-order valence-corrected chi connectivity index (χ0v) is 9.99. The lowest BCUT2D eigenvalue weighted by molar-refractivity contribution is 0.399. The Morgan fingerprint density at radius 2 is 2.12 bits per heavy atom. The Balaban J connectivity index is 2.02.